The molecular formula is C12H19ClN2O2S. The molecule has 1 amide bonds. The Balaban J connectivity index is 2.55. The van der Waals surface area contributed by atoms with Crippen LogP contribution in [0.2, 0.25) is 4.34 Å². The molecular weight excluding hydrogens is 272 g/mol. The van der Waals surface area contributed by atoms with Crippen molar-refractivity contribution in [3.05, 3.63) is 10.5 Å². The second-order valence-corrected chi connectivity index (χ2v) is 6.08. The van der Waals surface area contributed by atoms with E-state index in [0.717, 1.165) is 12.8 Å². The molecule has 0 spiro atoms. The zero-order valence-electron chi connectivity index (χ0n) is 10.7. The molecule has 6 heteroatoms. The lowest BCUT2D eigenvalue weighted by molar-refractivity contribution is -0.121. The number of nitrogens with one attached hydrogen (secondary N) is 1. The highest BCUT2D eigenvalue weighted by Crippen LogP contribution is 2.26. The van der Waals surface area contributed by atoms with Gasteiger partial charge >= 0.3 is 0 Å². The lowest BCUT2D eigenvalue weighted by Crippen LogP contribution is -2.33. The number of thiazole rings is 1. The zero-order valence-corrected chi connectivity index (χ0v) is 12.3. The highest BCUT2D eigenvalue weighted by molar-refractivity contribution is 7.19. The van der Waals surface area contributed by atoms with E-state index in [9.17, 15) is 9.90 Å². The minimum atomic E-state index is -0.908. The number of halogens is 1. The Labute approximate surface area is 116 Å². The van der Waals surface area contributed by atoms with Gasteiger partial charge in [-0.15, -0.1) is 0 Å². The molecule has 0 saturated carbocycles. The average molecular weight is 291 g/mol. The van der Waals surface area contributed by atoms with Crippen LogP contribution in [0.15, 0.2) is 6.20 Å². The van der Waals surface area contributed by atoms with Gasteiger partial charge in [0.25, 0.3) is 0 Å². The van der Waals surface area contributed by atoms with E-state index in [-0.39, 0.29) is 12.3 Å². The number of hydrogen-bond donors (Lipinski definition) is 2. The molecule has 18 heavy (non-hydrogen) atoms. The third kappa shape index (κ3) is 4.92. The molecule has 0 saturated heterocycles. The second-order valence-electron chi connectivity index (χ2n) is 4.42. The van der Waals surface area contributed by atoms with Crippen molar-refractivity contribution in [2.24, 2.45) is 0 Å². The topological polar surface area (TPSA) is 62.2 Å². The van der Waals surface area contributed by atoms with Crippen LogP contribution in [0.25, 0.3) is 0 Å². The maximum atomic E-state index is 11.8. The van der Waals surface area contributed by atoms with Crippen molar-refractivity contribution in [3.63, 3.8) is 0 Å². The highest BCUT2D eigenvalue weighted by Gasteiger charge is 2.28. The summed E-state index contributed by atoms with van der Waals surface area (Å²) < 4.78 is 0.530. The lowest BCUT2D eigenvalue weighted by atomic mass is 9.89. The number of carbonyl (C=O) groups excluding carboxylic acids is 1. The molecule has 0 fully saturated rings. The molecule has 0 bridgehead atoms. The summed E-state index contributed by atoms with van der Waals surface area (Å²) in [6, 6.07) is 0. The number of aliphatic hydroxyl groups is 1. The molecule has 0 aliphatic carbocycles. The normalized spacial score (nSPS) is 11.6. The van der Waals surface area contributed by atoms with E-state index in [0.29, 0.717) is 22.3 Å². The monoisotopic (exact) mass is 290 g/mol. The van der Waals surface area contributed by atoms with Crippen LogP contribution in [0.4, 0.5) is 5.13 Å². The Hall–Kier alpha value is -0.650. The fourth-order valence-electron chi connectivity index (χ4n) is 2.01. The molecule has 0 atom stereocenters. The third-order valence-corrected chi connectivity index (χ3v) is 3.67. The van der Waals surface area contributed by atoms with Crippen molar-refractivity contribution in [2.45, 2.75) is 51.6 Å². The summed E-state index contributed by atoms with van der Waals surface area (Å²) in [5.41, 5.74) is -0.908. The first-order chi connectivity index (χ1) is 8.49. The van der Waals surface area contributed by atoms with Crippen LogP contribution in [0, 0.1) is 0 Å². The molecule has 0 unspecified atom stereocenters. The number of nitrogens with zero attached hydrogens (tertiary/aromatic N) is 1. The molecule has 1 aromatic rings. The molecule has 0 aromatic carbocycles. The first kappa shape index (κ1) is 15.4. The maximum absolute atomic E-state index is 11.8. The summed E-state index contributed by atoms with van der Waals surface area (Å²) >= 11 is 6.94. The number of carbonyl (C=O) groups is 1. The van der Waals surface area contributed by atoms with Crippen molar-refractivity contribution >= 4 is 34.0 Å². The van der Waals surface area contributed by atoms with Crippen LogP contribution in [0.3, 0.4) is 0 Å². The third-order valence-electron chi connectivity index (χ3n) is 2.64. The molecule has 2 N–H and O–H groups in total. The van der Waals surface area contributed by atoms with Gasteiger partial charge in [-0.25, -0.2) is 4.98 Å². The van der Waals surface area contributed by atoms with Crippen LogP contribution in [0.1, 0.15) is 46.0 Å². The van der Waals surface area contributed by atoms with Gasteiger partial charge in [0.15, 0.2) is 5.13 Å². The van der Waals surface area contributed by atoms with Crippen LogP contribution in [-0.2, 0) is 4.79 Å². The van der Waals surface area contributed by atoms with E-state index in [4.69, 9.17) is 11.6 Å². The van der Waals surface area contributed by atoms with Gasteiger partial charge in [-0.3, -0.25) is 4.79 Å². The van der Waals surface area contributed by atoms with Gasteiger partial charge in [0, 0.05) is 0 Å². The maximum Gasteiger partial charge on any atom is 0.229 e. The molecule has 4 nitrogen and oxygen atoms in total. The number of aromatic nitrogens is 1. The van der Waals surface area contributed by atoms with Gasteiger partial charge in [0.2, 0.25) is 5.91 Å². The predicted molar refractivity (Wildman–Crippen MR) is 75.1 cm³/mol. The van der Waals surface area contributed by atoms with Gasteiger partial charge in [-0.1, -0.05) is 49.6 Å². The minimum absolute atomic E-state index is 0.103. The number of rotatable bonds is 7. The Bertz CT molecular complexity index is 389. The largest absolute Gasteiger partial charge is 0.389 e. The van der Waals surface area contributed by atoms with Gasteiger partial charge < -0.3 is 10.4 Å². The van der Waals surface area contributed by atoms with E-state index >= 15 is 0 Å². The van der Waals surface area contributed by atoms with Crippen LogP contribution >= 0.6 is 22.9 Å². The van der Waals surface area contributed by atoms with Crippen molar-refractivity contribution in [1.82, 2.24) is 4.98 Å². The predicted octanol–water partition coefficient (Wildman–Crippen LogP) is 3.46. The van der Waals surface area contributed by atoms with Crippen LogP contribution in [-0.4, -0.2) is 21.6 Å². The quantitative estimate of drug-likeness (QED) is 0.808. The SMILES string of the molecule is CCCC(O)(CCC)CC(=O)Nc1ncc(Cl)s1. The van der Waals surface area contributed by atoms with Crippen molar-refractivity contribution in [2.75, 3.05) is 5.32 Å². The van der Waals surface area contributed by atoms with E-state index in [1.807, 2.05) is 13.8 Å². The smallest absolute Gasteiger partial charge is 0.229 e. The molecule has 1 rings (SSSR count). The van der Waals surface area contributed by atoms with Gasteiger partial charge in [-0.2, -0.15) is 0 Å². The zero-order chi connectivity index (χ0) is 13.6. The minimum Gasteiger partial charge on any atom is -0.389 e. The summed E-state index contributed by atoms with van der Waals surface area (Å²) in [5.74, 6) is -0.217. The molecule has 102 valence electrons. The highest BCUT2D eigenvalue weighted by atomic mass is 35.5. The number of amides is 1. The Morgan fingerprint density at radius 1 is 1.50 bits per heavy atom. The first-order valence-electron chi connectivity index (χ1n) is 6.12. The standard InChI is InChI=1S/C12H19ClN2O2S/c1-3-5-12(17,6-4-2)7-10(16)15-11-14-8-9(13)18-11/h8,17H,3-7H2,1-2H3,(H,14,15,16). The summed E-state index contributed by atoms with van der Waals surface area (Å²) in [5, 5.41) is 13.5. The number of hydrogen-bond acceptors (Lipinski definition) is 4. The summed E-state index contributed by atoms with van der Waals surface area (Å²) in [6.45, 7) is 4.00. The first-order valence-corrected chi connectivity index (χ1v) is 7.32. The molecule has 0 radical (unpaired) electrons. The van der Waals surface area contributed by atoms with Crippen LogP contribution < -0.4 is 5.32 Å². The average Bonchev–Trinajstić information content (AvgIpc) is 2.63. The van der Waals surface area contributed by atoms with Gasteiger partial charge in [0.05, 0.1) is 18.2 Å². The Kier molecular flexibility index (Phi) is 6.05. The summed E-state index contributed by atoms with van der Waals surface area (Å²) in [6.07, 6.45) is 4.57. The molecule has 1 aromatic heterocycles. The molecule has 0 aliphatic heterocycles. The van der Waals surface area contributed by atoms with Gasteiger partial charge in [0.1, 0.15) is 4.34 Å². The summed E-state index contributed by atoms with van der Waals surface area (Å²) in [7, 11) is 0. The second kappa shape index (κ2) is 7.07. The molecule has 0 aliphatic rings. The van der Waals surface area contributed by atoms with E-state index < -0.39 is 5.60 Å². The number of anilines is 1. The van der Waals surface area contributed by atoms with Crippen molar-refractivity contribution < 1.29 is 9.90 Å². The summed E-state index contributed by atoms with van der Waals surface area (Å²) in [4.78, 5) is 15.8. The molecule has 1 heterocycles. The van der Waals surface area contributed by atoms with E-state index in [1.54, 1.807) is 0 Å². The fourth-order valence-corrected chi connectivity index (χ4v) is 2.84. The Morgan fingerprint density at radius 3 is 2.56 bits per heavy atom. The van der Waals surface area contributed by atoms with E-state index in [2.05, 4.69) is 10.3 Å². The van der Waals surface area contributed by atoms with Crippen molar-refractivity contribution in [3.8, 4) is 0 Å². The van der Waals surface area contributed by atoms with Crippen LogP contribution in [0.5, 0.6) is 0 Å². The Morgan fingerprint density at radius 2 is 2.11 bits per heavy atom. The van der Waals surface area contributed by atoms with E-state index in [1.165, 1.54) is 17.5 Å². The fraction of sp³-hybridized carbons (Fsp3) is 0.667. The van der Waals surface area contributed by atoms with Crippen molar-refractivity contribution in [1.29, 1.82) is 0 Å². The van der Waals surface area contributed by atoms with Gasteiger partial charge in [-0.05, 0) is 12.8 Å². The lowest BCUT2D eigenvalue weighted by Gasteiger charge is -2.26.